The average molecular weight is 317 g/mol. The molecule has 0 aliphatic carbocycles. The Hall–Kier alpha value is -2.12. The largest absolute Gasteiger partial charge is 0.365 e. The zero-order valence-corrected chi connectivity index (χ0v) is 12.7. The predicted octanol–water partition coefficient (Wildman–Crippen LogP) is 2.79. The summed E-state index contributed by atoms with van der Waals surface area (Å²) in [6.07, 6.45) is 1.62. The molecule has 2 heterocycles. The predicted molar refractivity (Wildman–Crippen MR) is 83.7 cm³/mol. The van der Waals surface area contributed by atoms with Crippen LogP contribution in [0.25, 0.3) is 0 Å². The number of hydrogen-bond acceptors (Lipinski definition) is 6. The molecule has 106 valence electrons. The summed E-state index contributed by atoms with van der Waals surface area (Å²) in [5, 5.41) is 3.50. The number of amides is 1. The second-order valence-electron chi connectivity index (χ2n) is 4.38. The molecular formula is C14H11N3O2S2. The Labute approximate surface area is 129 Å². The molecule has 1 aromatic heterocycles. The van der Waals surface area contributed by atoms with E-state index in [-0.39, 0.29) is 5.78 Å². The van der Waals surface area contributed by atoms with Gasteiger partial charge in [0.2, 0.25) is 5.78 Å². The maximum atomic E-state index is 12.2. The maximum absolute atomic E-state index is 12.2. The summed E-state index contributed by atoms with van der Waals surface area (Å²) in [7, 11) is 0. The standard InChI is InChI=1S/C14H11N3O2S2/c1-7-12(13(15)19)21-14(17-7)16-6-10-11(18)8-4-2-3-5-9(8)20-10/h2-6H,1H3,(H2,15,19)(H,16,17). The minimum Gasteiger partial charge on any atom is -0.365 e. The van der Waals surface area contributed by atoms with E-state index in [2.05, 4.69) is 10.3 Å². The Morgan fingerprint density at radius 2 is 2.14 bits per heavy atom. The van der Waals surface area contributed by atoms with E-state index in [0.717, 1.165) is 4.90 Å². The molecule has 0 saturated carbocycles. The molecule has 0 saturated heterocycles. The number of primary amides is 1. The van der Waals surface area contributed by atoms with Gasteiger partial charge in [-0.2, -0.15) is 0 Å². The van der Waals surface area contributed by atoms with Crippen LogP contribution in [0.4, 0.5) is 5.13 Å². The van der Waals surface area contributed by atoms with Gasteiger partial charge in [-0.25, -0.2) is 4.98 Å². The molecule has 0 unspecified atom stereocenters. The molecule has 2 aromatic rings. The summed E-state index contributed by atoms with van der Waals surface area (Å²) in [6.45, 7) is 1.72. The highest BCUT2D eigenvalue weighted by atomic mass is 32.2. The summed E-state index contributed by atoms with van der Waals surface area (Å²) in [5.41, 5.74) is 6.55. The van der Waals surface area contributed by atoms with Crippen molar-refractivity contribution in [1.82, 2.24) is 4.98 Å². The zero-order chi connectivity index (χ0) is 15.0. The molecule has 3 N–H and O–H groups in total. The third kappa shape index (κ3) is 2.57. The van der Waals surface area contributed by atoms with Crippen molar-refractivity contribution in [2.24, 2.45) is 5.73 Å². The van der Waals surface area contributed by atoms with E-state index >= 15 is 0 Å². The highest BCUT2D eigenvalue weighted by Gasteiger charge is 2.25. The van der Waals surface area contributed by atoms with Gasteiger partial charge < -0.3 is 11.1 Å². The van der Waals surface area contributed by atoms with Crippen LogP contribution in [0.2, 0.25) is 0 Å². The van der Waals surface area contributed by atoms with Crippen molar-refractivity contribution in [3.63, 3.8) is 0 Å². The van der Waals surface area contributed by atoms with Gasteiger partial charge in [-0.1, -0.05) is 35.2 Å². The number of thioether (sulfide) groups is 1. The molecule has 0 atom stereocenters. The van der Waals surface area contributed by atoms with Crippen molar-refractivity contribution < 1.29 is 9.59 Å². The number of nitrogens with zero attached hydrogens (tertiary/aromatic N) is 1. The van der Waals surface area contributed by atoms with E-state index in [1.807, 2.05) is 24.3 Å². The van der Waals surface area contributed by atoms with E-state index in [1.165, 1.54) is 23.1 Å². The van der Waals surface area contributed by atoms with Crippen LogP contribution in [0.1, 0.15) is 25.7 Å². The number of carbonyl (C=O) groups is 2. The Balaban J connectivity index is 1.81. The van der Waals surface area contributed by atoms with Gasteiger partial charge in [0, 0.05) is 16.7 Å². The molecule has 21 heavy (non-hydrogen) atoms. The normalized spacial score (nSPS) is 15.3. The van der Waals surface area contributed by atoms with Crippen LogP contribution in [0, 0.1) is 6.92 Å². The number of ketones is 1. The number of aromatic nitrogens is 1. The van der Waals surface area contributed by atoms with E-state index in [0.29, 0.717) is 26.2 Å². The van der Waals surface area contributed by atoms with Crippen molar-refractivity contribution in [3.05, 3.63) is 51.5 Å². The van der Waals surface area contributed by atoms with Gasteiger partial charge in [-0.05, 0) is 19.1 Å². The van der Waals surface area contributed by atoms with E-state index < -0.39 is 5.91 Å². The molecule has 7 heteroatoms. The van der Waals surface area contributed by atoms with Crippen LogP contribution in [0.15, 0.2) is 40.3 Å². The molecule has 1 amide bonds. The number of carbonyl (C=O) groups excluding carboxylic acids is 2. The van der Waals surface area contributed by atoms with Gasteiger partial charge in [0.05, 0.1) is 10.6 Å². The first-order valence-corrected chi connectivity index (χ1v) is 7.75. The first-order valence-electron chi connectivity index (χ1n) is 6.12. The van der Waals surface area contributed by atoms with Crippen molar-refractivity contribution >= 4 is 39.9 Å². The summed E-state index contributed by atoms with van der Waals surface area (Å²) in [4.78, 5) is 29.5. The molecule has 0 bridgehead atoms. The second-order valence-corrected chi connectivity index (χ2v) is 6.46. The summed E-state index contributed by atoms with van der Waals surface area (Å²) in [5.74, 6) is -0.504. The van der Waals surface area contributed by atoms with Gasteiger partial charge in [0.25, 0.3) is 5.91 Å². The molecule has 0 radical (unpaired) electrons. The number of Topliss-reactive ketones (excluding diaryl/α,β-unsaturated/α-hetero) is 1. The number of thiazole rings is 1. The number of benzene rings is 1. The molecule has 0 fully saturated rings. The fourth-order valence-electron chi connectivity index (χ4n) is 1.95. The molecule has 1 aliphatic heterocycles. The quantitative estimate of drug-likeness (QED) is 0.850. The SMILES string of the molecule is Cc1nc(NC=C2Sc3ccccc3C2=O)sc1C(N)=O. The monoisotopic (exact) mass is 317 g/mol. The van der Waals surface area contributed by atoms with Crippen molar-refractivity contribution in [3.8, 4) is 0 Å². The van der Waals surface area contributed by atoms with Crippen LogP contribution in [-0.4, -0.2) is 16.7 Å². The lowest BCUT2D eigenvalue weighted by Crippen LogP contribution is -2.09. The van der Waals surface area contributed by atoms with Crippen LogP contribution in [-0.2, 0) is 0 Å². The van der Waals surface area contributed by atoms with Gasteiger partial charge in [-0.3, -0.25) is 9.59 Å². The smallest absolute Gasteiger partial charge is 0.260 e. The Morgan fingerprint density at radius 1 is 1.38 bits per heavy atom. The molecule has 1 aromatic carbocycles. The van der Waals surface area contributed by atoms with Gasteiger partial charge in [0.1, 0.15) is 4.88 Å². The van der Waals surface area contributed by atoms with Gasteiger partial charge >= 0.3 is 0 Å². The number of allylic oxidation sites excluding steroid dienone is 1. The number of aryl methyl sites for hydroxylation is 1. The van der Waals surface area contributed by atoms with E-state index in [9.17, 15) is 9.59 Å². The fourth-order valence-corrected chi connectivity index (χ4v) is 3.71. The zero-order valence-electron chi connectivity index (χ0n) is 11.0. The molecule has 3 rings (SSSR count). The van der Waals surface area contributed by atoms with Crippen molar-refractivity contribution in [1.29, 1.82) is 0 Å². The minimum atomic E-state index is -0.496. The molecule has 1 aliphatic rings. The van der Waals surface area contributed by atoms with Crippen LogP contribution < -0.4 is 11.1 Å². The Kier molecular flexibility index (Phi) is 3.52. The molecule has 5 nitrogen and oxygen atoms in total. The number of nitrogens with one attached hydrogen (secondary N) is 1. The number of fused-ring (bicyclic) bond motifs is 1. The molecule has 0 spiro atoms. The third-order valence-corrected chi connectivity index (χ3v) is 5.12. The topological polar surface area (TPSA) is 85.1 Å². The first-order chi connectivity index (χ1) is 10.1. The Bertz CT molecular complexity index is 780. The minimum absolute atomic E-state index is 0.00787. The first kappa shape index (κ1) is 13.8. The van der Waals surface area contributed by atoms with Crippen molar-refractivity contribution in [2.45, 2.75) is 11.8 Å². The summed E-state index contributed by atoms with van der Waals surface area (Å²) < 4.78 is 0. The number of nitrogens with two attached hydrogens (primary N) is 1. The lowest BCUT2D eigenvalue weighted by molar-refractivity contribution is 0.100. The van der Waals surface area contributed by atoms with Gasteiger partial charge in [-0.15, -0.1) is 0 Å². The number of hydrogen-bond donors (Lipinski definition) is 2. The van der Waals surface area contributed by atoms with Crippen LogP contribution in [0.5, 0.6) is 0 Å². The average Bonchev–Trinajstić information content (AvgIpc) is 2.98. The lowest BCUT2D eigenvalue weighted by Gasteiger charge is -1.96. The summed E-state index contributed by atoms with van der Waals surface area (Å²) in [6, 6.07) is 7.47. The number of rotatable bonds is 3. The van der Waals surface area contributed by atoms with E-state index in [4.69, 9.17) is 5.73 Å². The Morgan fingerprint density at radius 3 is 2.81 bits per heavy atom. The highest BCUT2D eigenvalue weighted by molar-refractivity contribution is 8.04. The maximum Gasteiger partial charge on any atom is 0.260 e. The lowest BCUT2D eigenvalue weighted by atomic mass is 10.1. The summed E-state index contributed by atoms with van der Waals surface area (Å²) >= 11 is 2.59. The van der Waals surface area contributed by atoms with Crippen molar-refractivity contribution in [2.75, 3.05) is 5.32 Å². The second kappa shape index (κ2) is 5.34. The molecular weight excluding hydrogens is 306 g/mol. The van der Waals surface area contributed by atoms with Gasteiger partial charge in [0.15, 0.2) is 5.13 Å². The van der Waals surface area contributed by atoms with Crippen LogP contribution >= 0.6 is 23.1 Å². The van der Waals surface area contributed by atoms with E-state index in [1.54, 1.807) is 13.1 Å². The van der Waals surface area contributed by atoms with Crippen LogP contribution in [0.3, 0.4) is 0 Å². The highest BCUT2D eigenvalue weighted by Crippen LogP contribution is 2.39. The third-order valence-electron chi connectivity index (χ3n) is 2.92. The number of anilines is 1. The fraction of sp³-hybridized carbons (Fsp3) is 0.0714.